The van der Waals surface area contributed by atoms with E-state index in [9.17, 15) is 4.79 Å². The highest BCUT2D eigenvalue weighted by atomic mass is 16.5. The van der Waals surface area contributed by atoms with Gasteiger partial charge < -0.3 is 14.5 Å². The van der Waals surface area contributed by atoms with Gasteiger partial charge in [-0.2, -0.15) is 0 Å². The van der Waals surface area contributed by atoms with Crippen LogP contribution in [0.15, 0.2) is 12.4 Å². The van der Waals surface area contributed by atoms with Gasteiger partial charge >= 0.3 is 5.97 Å². The first kappa shape index (κ1) is 11.3. The number of fused-ring (bicyclic) bond motifs is 2. The molecule has 0 aromatic heterocycles. The zero-order chi connectivity index (χ0) is 11.7. The van der Waals surface area contributed by atoms with E-state index in [1.165, 1.54) is 0 Å². The molecule has 2 heterocycles. The number of hydrogen-bond donors (Lipinski definition) is 0. The van der Waals surface area contributed by atoms with Crippen molar-refractivity contribution in [1.29, 1.82) is 0 Å². The molecule has 0 aliphatic carbocycles. The molecular formula is C12H20N2O2. The van der Waals surface area contributed by atoms with E-state index in [-0.39, 0.29) is 12.0 Å². The highest BCUT2D eigenvalue weighted by Gasteiger charge is 2.43. The van der Waals surface area contributed by atoms with Gasteiger partial charge in [0.15, 0.2) is 0 Å². The van der Waals surface area contributed by atoms with Gasteiger partial charge in [-0.05, 0) is 26.7 Å². The maximum atomic E-state index is 11.8. The van der Waals surface area contributed by atoms with Gasteiger partial charge in [0.2, 0.25) is 0 Å². The molecule has 0 aromatic carbocycles. The fraction of sp³-hybridized carbons (Fsp3) is 0.750. The van der Waals surface area contributed by atoms with E-state index < -0.39 is 0 Å². The van der Waals surface area contributed by atoms with Crippen molar-refractivity contribution < 1.29 is 9.53 Å². The number of likely N-dealkylation sites (N-methyl/N-ethyl adjacent to an activating group) is 1. The molecule has 2 atom stereocenters. The van der Waals surface area contributed by atoms with Crippen LogP contribution in [0.2, 0.25) is 0 Å². The average molecular weight is 224 g/mol. The highest BCUT2D eigenvalue weighted by molar-refractivity contribution is 5.76. The molecule has 16 heavy (non-hydrogen) atoms. The first-order valence-electron chi connectivity index (χ1n) is 6.07. The smallest absolute Gasteiger partial charge is 0.328 e. The lowest BCUT2D eigenvalue weighted by Gasteiger charge is -2.30. The molecule has 2 unspecified atom stereocenters. The number of rotatable bonds is 3. The number of piperidine rings is 1. The summed E-state index contributed by atoms with van der Waals surface area (Å²) in [6.45, 7) is 10.4. The van der Waals surface area contributed by atoms with Gasteiger partial charge in [-0.1, -0.05) is 6.58 Å². The van der Waals surface area contributed by atoms with Crippen molar-refractivity contribution in [2.24, 2.45) is 0 Å². The van der Waals surface area contributed by atoms with E-state index in [0.717, 1.165) is 31.8 Å². The second-order valence-electron chi connectivity index (χ2n) is 4.35. The van der Waals surface area contributed by atoms with E-state index in [1.807, 2.05) is 6.92 Å². The van der Waals surface area contributed by atoms with Crippen LogP contribution in [0.5, 0.6) is 0 Å². The second kappa shape index (κ2) is 4.36. The van der Waals surface area contributed by atoms with Crippen molar-refractivity contribution in [3.63, 3.8) is 0 Å². The summed E-state index contributed by atoms with van der Waals surface area (Å²) < 4.78 is 5.11. The molecule has 2 saturated heterocycles. The summed E-state index contributed by atoms with van der Waals surface area (Å²) in [5.74, 6) is 0.892. The average Bonchev–Trinajstić information content (AvgIpc) is 2.52. The quantitative estimate of drug-likeness (QED) is 0.674. The van der Waals surface area contributed by atoms with Crippen LogP contribution in [-0.4, -0.2) is 47.5 Å². The molecule has 4 nitrogen and oxygen atoms in total. The summed E-state index contributed by atoms with van der Waals surface area (Å²) in [7, 11) is 0. The third kappa shape index (κ3) is 1.66. The first-order chi connectivity index (χ1) is 7.69. The summed E-state index contributed by atoms with van der Waals surface area (Å²) in [5, 5.41) is 0. The third-order valence-corrected chi connectivity index (χ3v) is 3.56. The fourth-order valence-electron chi connectivity index (χ4n) is 2.79. The van der Waals surface area contributed by atoms with E-state index >= 15 is 0 Å². The number of carbonyl (C=O) groups excluding carboxylic acids is 1. The van der Waals surface area contributed by atoms with Crippen LogP contribution in [0, 0.1) is 0 Å². The number of carbonyl (C=O) groups is 1. The molecule has 2 fully saturated rings. The molecule has 0 saturated carbocycles. The summed E-state index contributed by atoms with van der Waals surface area (Å²) in [6.07, 6.45) is 1.95. The maximum absolute atomic E-state index is 11.8. The lowest BCUT2D eigenvalue weighted by molar-refractivity contribution is -0.149. The Kier molecular flexibility index (Phi) is 3.08. The van der Waals surface area contributed by atoms with Crippen molar-refractivity contribution in [3.05, 3.63) is 12.4 Å². The zero-order valence-corrected chi connectivity index (χ0v) is 10.1. The van der Waals surface area contributed by atoms with E-state index in [0.29, 0.717) is 12.6 Å². The predicted octanol–water partition coefficient (Wildman–Crippen LogP) is 1.19. The molecule has 90 valence electrons. The highest BCUT2D eigenvalue weighted by Crippen LogP contribution is 2.34. The number of esters is 1. The molecule has 0 radical (unpaired) electrons. The SMILES string of the molecule is C=C1N(CC)C2CCC(C(=O)OCC)N1C2. The minimum atomic E-state index is -0.111. The number of hydrogen-bond acceptors (Lipinski definition) is 4. The lowest BCUT2D eigenvalue weighted by atomic mass is 10.0. The van der Waals surface area contributed by atoms with E-state index in [4.69, 9.17) is 4.74 Å². The van der Waals surface area contributed by atoms with Gasteiger partial charge in [0.05, 0.1) is 12.4 Å². The Balaban J connectivity index is 2.10. The predicted molar refractivity (Wildman–Crippen MR) is 61.7 cm³/mol. The van der Waals surface area contributed by atoms with Gasteiger partial charge in [0.25, 0.3) is 0 Å². The van der Waals surface area contributed by atoms with Crippen LogP contribution < -0.4 is 0 Å². The number of ether oxygens (including phenoxy) is 1. The van der Waals surface area contributed by atoms with Gasteiger partial charge in [0.1, 0.15) is 6.04 Å². The molecule has 0 spiro atoms. The standard InChI is InChI=1S/C12H20N2O2/c1-4-13-9(3)14-8-10(13)6-7-11(14)12(15)16-5-2/h10-11H,3-8H2,1-2H3. The molecular weight excluding hydrogens is 204 g/mol. The Morgan fingerprint density at radius 1 is 1.50 bits per heavy atom. The van der Waals surface area contributed by atoms with Crippen LogP contribution >= 0.6 is 0 Å². The van der Waals surface area contributed by atoms with Gasteiger partial charge in [-0.25, -0.2) is 4.79 Å². The maximum Gasteiger partial charge on any atom is 0.328 e. The van der Waals surface area contributed by atoms with Crippen LogP contribution in [0.1, 0.15) is 26.7 Å². The summed E-state index contributed by atoms with van der Waals surface area (Å²) in [5.41, 5.74) is 0. The van der Waals surface area contributed by atoms with Crippen molar-refractivity contribution in [3.8, 4) is 0 Å². The fourth-order valence-corrected chi connectivity index (χ4v) is 2.79. The lowest BCUT2D eigenvalue weighted by Crippen LogP contribution is -2.43. The molecule has 2 aliphatic rings. The monoisotopic (exact) mass is 224 g/mol. The Morgan fingerprint density at radius 3 is 2.88 bits per heavy atom. The Morgan fingerprint density at radius 2 is 2.25 bits per heavy atom. The minimum absolute atomic E-state index is 0.0972. The van der Waals surface area contributed by atoms with Gasteiger partial charge in [-0.3, -0.25) is 0 Å². The topological polar surface area (TPSA) is 32.8 Å². The summed E-state index contributed by atoms with van der Waals surface area (Å²) in [6, 6.07) is 0.434. The summed E-state index contributed by atoms with van der Waals surface area (Å²) >= 11 is 0. The van der Waals surface area contributed by atoms with E-state index in [1.54, 1.807) is 0 Å². The number of nitrogens with zero attached hydrogens (tertiary/aromatic N) is 2. The molecule has 4 heteroatoms. The molecule has 0 amide bonds. The summed E-state index contributed by atoms with van der Waals surface area (Å²) in [4.78, 5) is 16.2. The van der Waals surface area contributed by atoms with Gasteiger partial charge in [-0.15, -0.1) is 0 Å². The zero-order valence-electron chi connectivity index (χ0n) is 10.1. The normalized spacial score (nSPS) is 28.5. The molecule has 2 bridgehead atoms. The van der Waals surface area contributed by atoms with Gasteiger partial charge in [0, 0.05) is 19.1 Å². The largest absolute Gasteiger partial charge is 0.464 e. The van der Waals surface area contributed by atoms with Crippen LogP contribution in [-0.2, 0) is 9.53 Å². The van der Waals surface area contributed by atoms with Crippen molar-refractivity contribution in [2.45, 2.75) is 38.8 Å². The first-order valence-corrected chi connectivity index (χ1v) is 6.07. The third-order valence-electron chi connectivity index (χ3n) is 3.56. The molecule has 0 aromatic rings. The Labute approximate surface area is 96.8 Å². The molecule has 0 N–H and O–H groups in total. The molecule has 2 rings (SSSR count). The Bertz CT molecular complexity index is 303. The van der Waals surface area contributed by atoms with Crippen LogP contribution in [0.4, 0.5) is 0 Å². The van der Waals surface area contributed by atoms with Crippen LogP contribution in [0.3, 0.4) is 0 Å². The Hall–Kier alpha value is -1.19. The van der Waals surface area contributed by atoms with Crippen molar-refractivity contribution >= 4 is 5.97 Å². The van der Waals surface area contributed by atoms with Crippen molar-refractivity contribution in [2.75, 3.05) is 19.7 Å². The van der Waals surface area contributed by atoms with E-state index in [2.05, 4.69) is 23.3 Å². The second-order valence-corrected chi connectivity index (χ2v) is 4.35. The van der Waals surface area contributed by atoms with Crippen molar-refractivity contribution in [1.82, 2.24) is 9.80 Å². The minimum Gasteiger partial charge on any atom is -0.464 e. The molecule has 2 aliphatic heterocycles. The van der Waals surface area contributed by atoms with Crippen LogP contribution in [0.25, 0.3) is 0 Å².